The highest BCUT2D eigenvalue weighted by atomic mass is 35.5. The van der Waals surface area contributed by atoms with Gasteiger partial charge >= 0.3 is 0 Å². The summed E-state index contributed by atoms with van der Waals surface area (Å²) < 4.78 is 0. The van der Waals surface area contributed by atoms with Crippen molar-refractivity contribution in [2.45, 2.75) is 13.3 Å². The van der Waals surface area contributed by atoms with Crippen molar-refractivity contribution in [3.05, 3.63) is 16.1 Å². The van der Waals surface area contributed by atoms with Crippen LogP contribution in [0.2, 0.25) is 10.0 Å². The molecule has 0 unspecified atom stereocenters. The number of nitrogens with zero attached hydrogens (tertiary/aromatic N) is 1. The fraction of sp³-hybridized carbons (Fsp3) is 0.375. The van der Waals surface area contributed by atoms with E-state index in [4.69, 9.17) is 29.0 Å². The van der Waals surface area contributed by atoms with Gasteiger partial charge in [0.1, 0.15) is 5.82 Å². The number of nitrogens with two attached hydrogens (primary N) is 1. The third-order valence-electron chi connectivity index (χ3n) is 1.61. The van der Waals surface area contributed by atoms with Gasteiger partial charge in [-0.1, -0.05) is 30.1 Å². The van der Waals surface area contributed by atoms with Gasteiger partial charge in [-0.2, -0.15) is 0 Å². The molecule has 4 N–H and O–H groups in total. The van der Waals surface area contributed by atoms with Gasteiger partial charge in [0, 0.05) is 6.54 Å². The normalized spacial score (nSPS) is 10.0. The molecule has 1 heterocycles. The Morgan fingerprint density at radius 1 is 1.36 bits per heavy atom. The van der Waals surface area contributed by atoms with Crippen LogP contribution in [0.25, 0.3) is 0 Å². The second kappa shape index (κ2) is 5.24. The summed E-state index contributed by atoms with van der Waals surface area (Å²) in [6.45, 7) is 2.86. The van der Waals surface area contributed by atoms with Crippen LogP contribution in [0.4, 0.5) is 11.6 Å². The Labute approximate surface area is 92.8 Å². The number of hydrogen-bond donors (Lipinski definition) is 3. The van der Waals surface area contributed by atoms with Gasteiger partial charge in [-0.3, -0.25) is 0 Å². The zero-order valence-electron chi connectivity index (χ0n) is 7.77. The average molecular weight is 235 g/mol. The molecule has 0 bridgehead atoms. The van der Waals surface area contributed by atoms with E-state index in [9.17, 15) is 0 Å². The number of rotatable bonds is 4. The minimum Gasteiger partial charge on any atom is -0.369 e. The van der Waals surface area contributed by atoms with Crippen LogP contribution < -0.4 is 16.6 Å². The monoisotopic (exact) mass is 234 g/mol. The van der Waals surface area contributed by atoms with Gasteiger partial charge in [-0.05, 0) is 12.5 Å². The summed E-state index contributed by atoms with van der Waals surface area (Å²) in [6, 6.07) is 1.60. The third kappa shape index (κ3) is 2.64. The first-order chi connectivity index (χ1) is 6.69. The number of anilines is 2. The molecule has 0 spiro atoms. The molecule has 6 heteroatoms. The molecule has 0 fully saturated rings. The molecule has 1 aromatic heterocycles. The van der Waals surface area contributed by atoms with Crippen LogP contribution in [0.15, 0.2) is 6.07 Å². The van der Waals surface area contributed by atoms with Crippen LogP contribution in [-0.4, -0.2) is 11.5 Å². The summed E-state index contributed by atoms with van der Waals surface area (Å²) in [6.07, 6.45) is 0.992. The third-order valence-corrected chi connectivity index (χ3v) is 2.18. The van der Waals surface area contributed by atoms with E-state index >= 15 is 0 Å². The van der Waals surface area contributed by atoms with E-state index in [-0.39, 0.29) is 0 Å². The highest BCUT2D eigenvalue weighted by molar-refractivity contribution is 6.37. The number of hydrazine groups is 1. The number of aromatic nitrogens is 1. The van der Waals surface area contributed by atoms with Crippen LogP contribution in [0.3, 0.4) is 0 Å². The lowest BCUT2D eigenvalue weighted by atomic mass is 10.4. The Kier molecular flexibility index (Phi) is 4.25. The lowest BCUT2D eigenvalue weighted by Gasteiger charge is -2.09. The molecule has 0 saturated heterocycles. The van der Waals surface area contributed by atoms with Gasteiger partial charge in [0.15, 0.2) is 5.82 Å². The quantitative estimate of drug-likeness (QED) is 0.554. The van der Waals surface area contributed by atoms with E-state index in [2.05, 4.69) is 22.7 Å². The van der Waals surface area contributed by atoms with Crippen LogP contribution >= 0.6 is 23.2 Å². The highest BCUT2D eigenvalue weighted by Crippen LogP contribution is 2.28. The number of nitrogens with one attached hydrogen (secondary N) is 2. The van der Waals surface area contributed by atoms with E-state index in [0.29, 0.717) is 21.7 Å². The van der Waals surface area contributed by atoms with Crippen molar-refractivity contribution in [3.63, 3.8) is 0 Å². The minimum absolute atomic E-state index is 0.402. The predicted molar refractivity (Wildman–Crippen MR) is 60.8 cm³/mol. The summed E-state index contributed by atoms with van der Waals surface area (Å²) >= 11 is 11.7. The molecule has 0 aromatic carbocycles. The first-order valence-corrected chi connectivity index (χ1v) is 5.01. The Morgan fingerprint density at radius 2 is 2.00 bits per heavy atom. The van der Waals surface area contributed by atoms with Gasteiger partial charge in [-0.15, -0.1) is 0 Å². The van der Waals surface area contributed by atoms with Gasteiger partial charge in [-0.25, -0.2) is 10.8 Å². The maximum Gasteiger partial charge on any atom is 0.161 e. The van der Waals surface area contributed by atoms with E-state index in [0.717, 1.165) is 13.0 Å². The molecule has 0 atom stereocenters. The molecule has 0 amide bonds. The van der Waals surface area contributed by atoms with Crippen molar-refractivity contribution in [1.82, 2.24) is 4.98 Å². The molecule has 1 aromatic rings. The van der Waals surface area contributed by atoms with Crippen molar-refractivity contribution >= 4 is 34.8 Å². The second-order valence-corrected chi connectivity index (χ2v) is 3.53. The largest absolute Gasteiger partial charge is 0.369 e. The smallest absolute Gasteiger partial charge is 0.161 e. The van der Waals surface area contributed by atoms with Crippen molar-refractivity contribution < 1.29 is 0 Å². The molecule has 0 radical (unpaired) electrons. The Morgan fingerprint density at radius 3 is 2.57 bits per heavy atom. The maximum absolute atomic E-state index is 5.92. The van der Waals surface area contributed by atoms with Crippen molar-refractivity contribution in [1.29, 1.82) is 0 Å². The SMILES string of the molecule is CCCNc1nc(NN)c(Cl)cc1Cl. The Bertz CT molecular complexity index is 316. The molecule has 0 aliphatic heterocycles. The zero-order valence-corrected chi connectivity index (χ0v) is 9.28. The van der Waals surface area contributed by atoms with E-state index < -0.39 is 0 Å². The van der Waals surface area contributed by atoms with Gasteiger partial charge < -0.3 is 10.7 Å². The Hall–Kier alpha value is -0.710. The van der Waals surface area contributed by atoms with Crippen LogP contribution in [0.1, 0.15) is 13.3 Å². The second-order valence-electron chi connectivity index (χ2n) is 2.72. The van der Waals surface area contributed by atoms with Crippen molar-refractivity contribution in [2.24, 2.45) is 5.84 Å². The van der Waals surface area contributed by atoms with Gasteiger partial charge in [0.25, 0.3) is 0 Å². The average Bonchev–Trinajstić information content (AvgIpc) is 2.17. The van der Waals surface area contributed by atoms with Crippen LogP contribution in [-0.2, 0) is 0 Å². The molecule has 4 nitrogen and oxygen atoms in total. The zero-order chi connectivity index (χ0) is 10.6. The minimum atomic E-state index is 0.402. The number of hydrogen-bond acceptors (Lipinski definition) is 4. The first kappa shape index (κ1) is 11.4. The molecular weight excluding hydrogens is 223 g/mol. The lowest BCUT2D eigenvalue weighted by Crippen LogP contribution is -2.11. The van der Waals surface area contributed by atoms with Crippen LogP contribution in [0, 0.1) is 0 Å². The van der Waals surface area contributed by atoms with E-state index in [1.165, 1.54) is 0 Å². The van der Waals surface area contributed by atoms with Gasteiger partial charge in [0.05, 0.1) is 10.0 Å². The topological polar surface area (TPSA) is 63.0 Å². The maximum atomic E-state index is 5.92. The summed E-state index contributed by atoms with van der Waals surface area (Å²) in [7, 11) is 0. The number of halogens is 2. The molecule has 78 valence electrons. The molecule has 0 saturated carbocycles. The summed E-state index contributed by atoms with van der Waals surface area (Å²) in [5, 5.41) is 3.96. The molecule has 0 aliphatic carbocycles. The lowest BCUT2D eigenvalue weighted by molar-refractivity contribution is 0.969. The molecule has 0 aliphatic rings. The fourth-order valence-electron chi connectivity index (χ4n) is 0.935. The van der Waals surface area contributed by atoms with Gasteiger partial charge in [0.2, 0.25) is 0 Å². The predicted octanol–water partition coefficient (Wildman–Crippen LogP) is 2.50. The number of pyridine rings is 1. The molecule has 14 heavy (non-hydrogen) atoms. The summed E-state index contributed by atoms with van der Waals surface area (Å²) in [5.74, 6) is 6.23. The fourth-order valence-corrected chi connectivity index (χ4v) is 1.42. The highest BCUT2D eigenvalue weighted by Gasteiger charge is 2.07. The standard InChI is InChI=1S/C8H12Cl2N4/c1-2-3-12-7-5(9)4-6(10)8(13-7)14-11/h4H,2-3,11H2,1H3,(H2,12,13,14). The van der Waals surface area contributed by atoms with E-state index in [1.807, 2.05) is 0 Å². The van der Waals surface area contributed by atoms with Crippen molar-refractivity contribution in [2.75, 3.05) is 17.3 Å². The summed E-state index contributed by atoms with van der Waals surface area (Å²) in [5.41, 5.74) is 2.40. The first-order valence-electron chi connectivity index (χ1n) is 4.25. The molecular formula is C8H12Cl2N4. The van der Waals surface area contributed by atoms with Crippen LogP contribution in [0.5, 0.6) is 0 Å². The molecule has 1 rings (SSSR count). The van der Waals surface area contributed by atoms with E-state index in [1.54, 1.807) is 6.07 Å². The Balaban J connectivity index is 2.92. The summed E-state index contributed by atoms with van der Waals surface area (Å²) in [4.78, 5) is 4.12. The van der Waals surface area contributed by atoms with Crippen molar-refractivity contribution in [3.8, 4) is 0 Å². The number of nitrogen functional groups attached to an aromatic ring is 1.